The molecule has 0 amide bonds. The molecule has 1 aliphatic rings. The summed E-state index contributed by atoms with van der Waals surface area (Å²) in [5, 5.41) is 20.5. The number of hydrogen-bond acceptors (Lipinski definition) is 7. The lowest BCUT2D eigenvalue weighted by molar-refractivity contribution is -0.0686. The third-order valence-electron chi connectivity index (χ3n) is 6.55. The molecule has 4 atom stereocenters. The minimum absolute atomic E-state index is 0.0924. The van der Waals surface area contributed by atoms with Gasteiger partial charge in [-0.3, -0.25) is 4.57 Å². The third-order valence-corrected chi connectivity index (χ3v) is 6.55. The van der Waals surface area contributed by atoms with Crippen molar-refractivity contribution >= 4 is 5.82 Å². The maximum absolute atomic E-state index is 12.0. The molecular weight excluding hydrogens is 446 g/mol. The Hall–Kier alpha value is -1.74. The molecule has 1 aliphatic heterocycles. The lowest BCUT2D eigenvalue weighted by Crippen LogP contribution is -2.36. The van der Waals surface area contributed by atoms with Gasteiger partial charge in [-0.15, -0.1) is 0 Å². The van der Waals surface area contributed by atoms with E-state index in [0.29, 0.717) is 6.61 Å². The number of allylic oxidation sites excluding steroid dienone is 2. The number of nitrogens with two attached hydrogens (primary N) is 1. The van der Waals surface area contributed by atoms with E-state index in [1.54, 1.807) is 0 Å². The van der Waals surface area contributed by atoms with Crippen molar-refractivity contribution in [2.24, 2.45) is 0 Å². The van der Waals surface area contributed by atoms with Gasteiger partial charge in [-0.25, -0.2) is 4.79 Å². The van der Waals surface area contributed by atoms with Gasteiger partial charge in [-0.05, 0) is 38.2 Å². The van der Waals surface area contributed by atoms with Gasteiger partial charge >= 0.3 is 5.69 Å². The van der Waals surface area contributed by atoms with Crippen molar-refractivity contribution in [1.29, 1.82) is 0 Å². The first kappa shape index (κ1) is 29.5. The van der Waals surface area contributed by atoms with Crippen LogP contribution in [0.25, 0.3) is 0 Å². The Morgan fingerprint density at radius 3 is 2.20 bits per heavy atom. The van der Waals surface area contributed by atoms with Crippen LogP contribution in [0.3, 0.4) is 0 Å². The standard InChI is InChI=1S/C27H47N3O5/c1-2-3-4-5-6-7-8-9-10-11-12-13-14-15-16-17-20-34-21-22-24(31)25(32)26(35-22)30-19-18-23(28)29-27(30)33/h9-10,18-19,22,24-26,31-32H,2-8,11-17,20-21H2,1H3,(H2,28,29,33)/b10-9-/t22-,24-,25-,26-/m1/s1. The SMILES string of the molecule is CCCCCCCC/C=C\CCCCCCCCOC[C@H]1O[C@@H](n2ccc(N)nc2=O)[C@H](O)[C@@H]1O. The van der Waals surface area contributed by atoms with Gasteiger partial charge < -0.3 is 25.4 Å². The summed E-state index contributed by atoms with van der Waals surface area (Å²) in [6, 6.07) is 1.45. The molecule has 8 heteroatoms. The molecule has 0 aliphatic carbocycles. The average molecular weight is 494 g/mol. The average Bonchev–Trinajstić information content (AvgIpc) is 3.12. The van der Waals surface area contributed by atoms with E-state index in [1.165, 1.54) is 89.3 Å². The summed E-state index contributed by atoms with van der Waals surface area (Å²) in [7, 11) is 0. The monoisotopic (exact) mass is 493 g/mol. The van der Waals surface area contributed by atoms with E-state index in [4.69, 9.17) is 15.2 Å². The quantitative estimate of drug-likeness (QED) is 0.192. The lowest BCUT2D eigenvalue weighted by Gasteiger charge is -2.16. The highest BCUT2D eigenvalue weighted by Crippen LogP contribution is 2.28. The third kappa shape index (κ3) is 11.2. The fourth-order valence-corrected chi connectivity index (χ4v) is 4.37. The molecule has 8 nitrogen and oxygen atoms in total. The second kappa shape index (κ2) is 17.7. The Bertz CT molecular complexity index is 769. The predicted molar refractivity (Wildman–Crippen MR) is 139 cm³/mol. The second-order valence-corrected chi connectivity index (χ2v) is 9.60. The number of aromatic nitrogens is 2. The van der Waals surface area contributed by atoms with Gasteiger partial charge in [0.1, 0.15) is 24.1 Å². The van der Waals surface area contributed by atoms with Crippen molar-refractivity contribution in [3.8, 4) is 0 Å². The minimum Gasteiger partial charge on any atom is -0.387 e. The van der Waals surface area contributed by atoms with E-state index >= 15 is 0 Å². The largest absolute Gasteiger partial charge is 0.387 e. The summed E-state index contributed by atoms with van der Waals surface area (Å²) >= 11 is 0. The molecule has 1 saturated heterocycles. The maximum atomic E-state index is 12.0. The zero-order chi connectivity index (χ0) is 25.3. The summed E-state index contributed by atoms with van der Waals surface area (Å²) in [6.07, 6.45) is 19.6. The van der Waals surface area contributed by atoms with Gasteiger partial charge in [0, 0.05) is 12.8 Å². The van der Waals surface area contributed by atoms with Crippen molar-refractivity contribution in [2.75, 3.05) is 18.9 Å². The molecule has 0 saturated carbocycles. The first-order valence-corrected chi connectivity index (χ1v) is 13.6. The van der Waals surface area contributed by atoms with Crippen LogP contribution in [0.5, 0.6) is 0 Å². The maximum Gasteiger partial charge on any atom is 0.351 e. The molecule has 4 N–H and O–H groups in total. The number of nitrogens with zero attached hydrogens (tertiary/aromatic N) is 2. The molecule has 0 radical (unpaired) electrons. The zero-order valence-electron chi connectivity index (χ0n) is 21.5. The van der Waals surface area contributed by atoms with E-state index < -0.39 is 30.2 Å². The molecule has 200 valence electrons. The van der Waals surface area contributed by atoms with Crippen LogP contribution in [-0.4, -0.2) is 51.3 Å². The Morgan fingerprint density at radius 1 is 0.971 bits per heavy atom. The summed E-state index contributed by atoms with van der Waals surface area (Å²) in [6.45, 7) is 3.00. The predicted octanol–water partition coefficient (Wildman–Crippen LogP) is 4.50. The number of rotatable bonds is 19. The topological polar surface area (TPSA) is 120 Å². The molecule has 2 rings (SSSR count). The first-order valence-electron chi connectivity index (χ1n) is 13.6. The van der Waals surface area contributed by atoms with Gasteiger partial charge in [0.2, 0.25) is 0 Å². The van der Waals surface area contributed by atoms with Gasteiger partial charge in [-0.1, -0.05) is 76.9 Å². The molecule has 35 heavy (non-hydrogen) atoms. The second-order valence-electron chi connectivity index (χ2n) is 9.60. The molecule has 0 spiro atoms. The van der Waals surface area contributed by atoms with E-state index in [0.717, 1.165) is 17.4 Å². The molecule has 0 aromatic carbocycles. The summed E-state index contributed by atoms with van der Waals surface area (Å²) in [4.78, 5) is 15.6. The van der Waals surface area contributed by atoms with Crippen molar-refractivity contribution in [1.82, 2.24) is 9.55 Å². The number of aliphatic hydroxyl groups is 2. The molecule has 1 fully saturated rings. The number of ether oxygens (including phenoxy) is 2. The Morgan fingerprint density at radius 2 is 1.57 bits per heavy atom. The fraction of sp³-hybridized carbons (Fsp3) is 0.778. The Kier molecular flexibility index (Phi) is 14.9. The fourth-order valence-electron chi connectivity index (χ4n) is 4.37. The van der Waals surface area contributed by atoms with Gasteiger partial charge in [0.25, 0.3) is 0 Å². The van der Waals surface area contributed by atoms with Crippen molar-refractivity contribution < 1.29 is 19.7 Å². The van der Waals surface area contributed by atoms with E-state index in [1.807, 2.05) is 0 Å². The van der Waals surface area contributed by atoms with Gasteiger partial charge in [0.05, 0.1) is 6.61 Å². The highest BCUT2D eigenvalue weighted by molar-refractivity contribution is 5.23. The van der Waals surface area contributed by atoms with Crippen LogP contribution >= 0.6 is 0 Å². The smallest absolute Gasteiger partial charge is 0.351 e. The lowest BCUT2D eigenvalue weighted by atomic mass is 10.1. The van der Waals surface area contributed by atoms with E-state index in [-0.39, 0.29) is 12.4 Å². The molecular formula is C27H47N3O5. The van der Waals surface area contributed by atoms with Crippen molar-refractivity contribution in [3.05, 3.63) is 34.9 Å². The molecule has 1 aromatic heterocycles. The first-order chi connectivity index (χ1) is 17.0. The van der Waals surface area contributed by atoms with Crippen LogP contribution in [0.2, 0.25) is 0 Å². The van der Waals surface area contributed by atoms with Crippen LogP contribution in [0, 0.1) is 0 Å². The molecule has 2 heterocycles. The molecule has 1 aromatic rings. The Balaban J connectivity index is 1.44. The molecule has 0 bridgehead atoms. The van der Waals surface area contributed by atoms with Crippen molar-refractivity contribution in [3.63, 3.8) is 0 Å². The highest BCUT2D eigenvalue weighted by atomic mass is 16.6. The van der Waals surface area contributed by atoms with Crippen LogP contribution < -0.4 is 11.4 Å². The van der Waals surface area contributed by atoms with E-state index in [9.17, 15) is 15.0 Å². The van der Waals surface area contributed by atoms with Crippen molar-refractivity contribution in [2.45, 2.75) is 121 Å². The van der Waals surface area contributed by atoms with Gasteiger partial charge in [-0.2, -0.15) is 4.98 Å². The minimum atomic E-state index is -1.24. The van der Waals surface area contributed by atoms with Crippen LogP contribution in [-0.2, 0) is 9.47 Å². The van der Waals surface area contributed by atoms with E-state index in [2.05, 4.69) is 24.1 Å². The number of unbranched alkanes of at least 4 members (excludes halogenated alkanes) is 12. The highest BCUT2D eigenvalue weighted by Gasteiger charge is 2.44. The number of aliphatic hydroxyl groups excluding tert-OH is 2. The number of hydrogen-bond donors (Lipinski definition) is 3. The van der Waals surface area contributed by atoms with Crippen LogP contribution in [0.15, 0.2) is 29.2 Å². The zero-order valence-corrected chi connectivity index (χ0v) is 21.5. The van der Waals surface area contributed by atoms with Gasteiger partial charge in [0.15, 0.2) is 6.23 Å². The number of nitrogen functional groups attached to an aromatic ring is 1. The number of anilines is 1. The molecule has 0 unspecified atom stereocenters. The van der Waals surface area contributed by atoms with Crippen LogP contribution in [0.4, 0.5) is 5.82 Å². The summed E-state index contributed by atoms with van der Waals surface area (Å²) < 4.78 is 12.5. The Labute approximate surface area is 210 Å². The summed E-state index contributed by atoms with van der Waals surface area (Å²) in [5.41, 5.74) is 4.86. The van der Waals surface area contributed by atoms with Crippen LogP contribution in [0.1, 0.15) is 103 Å². The summed E-state index contributed by atoms with van der Waals surface area (Å²) in [5.74, 6) is 0.0924. The normalized spacial score (nSPS) is 22.4.